The summed E-state index contributed by atoms with van der Waals surface area (Å²) in [5.41, 5.74) is 1.12. The van der Waals surface area contributed by atoms with Crippen LogP contribution in [0.25, 0.3) is 0 Å². The largest absolute Gasteiger partial charge is 0.381 e. The molecule has 0 amide bonds. The second kappa shape index (κ2) is 11.5. The Hall–Kier alpha value is -0.910. The van der Waals surface area contributed by atoms with Gasteiger partial charge in [-0.25, -0.2) is 0 Å². The van der Waals surface area contributed by atoms with E-state index in [0.717, 1.165) is 89.3 Å². The van der Waals surface area contributed by atoms with Crippen molar-refractivity contribution >= 4 is 29.9 Å². The summed E-state index contributed by atoms with van der Waals surface area (Å²) in [5.74, 6) is 1.91. The number of nitrogens with one attached hydrogen (secondary N) is 1. The molecule has 3 rings (SSSR count). The van der Waals surface area contributed by atoms with Crippen molar-refractivity contribution in [3.63, 3.8) is 0 Å². The van der Waals surface area contributed by atoms with Crippen molar-refractivity contribution in [3.8, 4) is 0 Å². The van der Waals surface area contributed by atoms with Crippen molar-refractivity contribution in [1.29, 1.82) is 0 Å². The third-order valence-corrected chi connectivity index (χ3v) is 5.96. The Labute approximate surface area is 192 Å². The molecular weight excluding hydrogens is 483 g/mol. The lowest BCUT2D eigenvalue weighted by Crippen LogP contribution is -2.54. The number of halogens is 1. The molecule has 0 aliphatic carbocycles. The highest BCUT2D eigenvalue weighted by Crippen LogP contribution is 2.26. The van der Waals surface area contributed by atoms with E-state index in [1.807, 2.05) is 13.0 Å². The minimum atomic E-state index is 0. The zero-order valence-electron chi connectivity index (χ0n) is 18.3. The summed E-state index contributed by atoms with van der Waals surface area (Å²) in [7, 11) is 4.33. The maximum atomic E-state index is 5.59. The maximum Gasteiger partial charge on any atom is 0.194 e. The van der Waals surface area contributed by atoms with Gasteiger partial charge in [0.15, 0.2) is 5.96 Å². The van der Waals surface area contributed by atoms with Gasteiger partial charge in [0.1, 0.15) is 5.76 Å². The molecule has 8 nitrogen and oxygen atoms in total. The van der Waals surface area contributed by atoms with E-state index in [-0.39, 0.29) is 29.5 Å². The molecule has 1 N–H and O–H groups in total. The van der Waals surface area contributed by atoms with Crippen LogP contribution in [-0.2, 0) is 11.3 Å². The molecule has 0 saturated carbocycles. The van der Waals surface area contributed by atoms with E-state index in [4.69, 9.17) is 14.3 Å². The zero-order valence-corrected chi connectivity index (χ0v) is 20.6. The van der Waals surface area contributed by atoms with Crippen LogP contribution in [0.4, 0.5) is 0 Å². The van der Waals surface area contributed by atoms with Gasteiger partial charge in [-0.3, -0.25) is 9.89 Å². The molecule has 166 valence electrons. The van der Waals surface area contributed by atoms with Crippen LogP contribution in [0.5, 0.6) is 0 Å². The van der Waals surface area contributed by atoms with Gasteiger partial charge in [-0.1, -0.05) is 5.16 Å². The van der Waals surface area contributed by atoms with Gasteiger partial charge < -0.3 is 24.4 Å². The predicted molar refractivity (Wildman–Crippen MR) is 126 cm³/mol. The lowest BCUT2D eigenvalue weighted by molar-refractivity contribution is -0.00268. The van der Waals surface area contributed by atoms with Crippen molar-refractivity contribution in [1.82, 2.24) is 25.2 Å². The van der Waals surface area contributed by atoms with Crippen molar-refractivity contribution in [2.75, 3.05) is 66.6 Å². The number of hydrogen-bond donors (Lipinski definition) is 1. The van der Waals surface area contributed by atoms with Crippen LogP contribution in [0.3, 0.4) is 0 Å². The van der Waals surface area contributed by atoms with E-state index in [0.29, 0.717) is 0 Å². The average Bonchev–Trinajstić information content (AvgIpc) is 3.11. The molecule has 0 radical (unpaired) electrons. The number of nitrogens with zero attached hydrogens (tertiary/aromatic N) is 5. The summed E-state index contributed by atoms with van der Waals surface area (Å²) in [5, 5.41) is 7.61. The quantitative estimate of drug-likeness (QED) is 0.349. The van der Waals surface area contributed by atoms with E-state index in [1.165, 1.54) is 0 Å². The van der Waals surface area contributed by atoms with Gasteiger partial charge in [-0.05, 0) is 40.8 Å². The van der Waals surface area contributed by atoms with E-state index in [2.05, 4.69) is 46.2 Å². The standard InChI is InChI=1S/C20H36N6O2.HI/c1-5-21-19(22-16-20(24(3)4)6-12-27-13-7-20)26-10-8-25(9-11-26)15-18-14-17(2)28-23-18;/h14H,5-13,15-16H2,1-4H3,(H,21,22);1H. The summed E-state index contributed by atoms with van der Waals surface area (Å²) >= 11 is 0. The number of rotatable bonds is 6. The highest BCUT2D eigenvalue weighted by Gasteiger charge is 2.35. The highest BCUT2D eigenvalue weighted by molar-refractivity contribution is 14.0. The van der Waals surface area contributed by atoms with Crippen LogP contribution < -0.4 is 5.32 Å². The summed E-state index contributed by atoms with van der Waals surface area (Å²) in [6, 6.07) is 2.02. The molecule has 0 atom stereocenters. The molecule has 1 aromatic rings. The molecule has 0 aromatic carbocycles. The van der Waals surface area contributed by atoms with Crippen molar-refractivity contribution in [2.24, 2.45) is 4.99 Å². The van der Waals surface area contributed by atoms with Crippen molar-refractivity contribution in [2.45, 2.75) is 38.8 Å². The Morgan fingerprint density at radius 1 is 1.24 bits per heavy atom. The third-order valence-electron chi connectivity index (χ3n) is 5.96. The Morgan fingerprint density at radius 2 is 1.93 bits per heavy atom. The molecule has 2 fully saturated rings. The summed E-state index contributed by atoms with van der Waals surface area (Å²) in [4.78, 5) is 12.2. The first-order chi connectivity index (χ1) is 13.5. The number of aliphatic imine (C=N–C) groups is 1. The summed E-state index contributed by atoms with van der Waals surface area (Å²) in [6.45, 7) is 12.2. The Morgan fingerprint density at radius 3 is 2.48 bits per heavy atom. The van der Waals surface area contributed by atoms with E-state index in [1.54, 1.807) is 0 Å². The van der Waals surface area contributed by atoms with E-state index < -0.39 is 0 Å². The number of hydrogen-bond acceptors (Lipinski definition) is 6. The van der Waals surface area contributed by atoms with Crippen LogP contribution in [-0.4, -0.2) is 97.9 Å². The van der Waals surface area contributed by atoms with Gasteiger partial charge in [-0.15, -0.1) is 24.0 Å². The fourth-order valence-corrected chi connectivity index (χ4v) is 3.99. The Bertz CT molecular complexity index is 637. The van der Waals surface area contributed by atoms with Crippen LogP contribution in [0.1, 0.15) is 31.2 Å². The third kappa shape index (κ3) is 6.53. The number of aryl methyl sites for hydroxylation is 1. The van der Waals surface area contributed by atoms with Gasteiger partial charge in [0, 0.05) is 64.1 Å². The van der Waals surface area contributed by atoms with Gasteiger partial charge >= 0.3 is 0 Å². The summed E-state index contributed by atoms with van der Waals surface area (Å²) < 4.78 is 10.8. The first kappa shape index (κ1) is 24.4. The number of likely N-dealkylation sites (N-methyl/N-ethyl adjacent to an activating group) is 1. The predicted octanol–water partition coefficient (Wildman–Crippen LogP) is 1.79. The van der Waals surface area contributed by atoms with E-state index in [9.17, 15) is 0 Å². The second-order valence-electron chi connectivity index (χ2n) is 8.09. The molecule has 0 unspecified atom stereocenters. The average molecular weight is 520 g/mol. The fourth-order valence-electron chi connectivity index (χ4n) is 3.99. The first-order valence-corrected chi connectivity index (χ1v) is 10.5. The lowest BCUT2D eigenvalue weighted by Gasteiger charge is -2.42. The van der Waals surface area contributed by atoms with Crippen LogP contribution in [0.15, 0.2) is 15.6 Å². The van der Waals surface area contributed by atoms with Gasteiger partial charge in [0.05, 0.1) is 12.2 Å². The minimum Gasteiger partial charge on any atom is -0.381 e. The molecule has 0 spiro atoms. The summed E-state index contributed by atoms with van der Waals surface area (Å²) in [6.07, 6.45) is 2.07. The SMILES string of the molecule is CCNC(=NCC1(N(C)C)CCOCC1)N1CCN(Cc2cc(C)on2)CC1.I. The van der Waals surface area contributed by atoms with Crippen LogP contribution in [0, 0.1) is 6.92 Å². The molecule has 2 saturated heterocycles. The lowest BCUT2D eigenvalue weighted by atomic mass is 9.89. The Balaban J connectivity index is 0.00000300. The number of ether oxygens (including phenoxy) is 1. The zero-order chi connectivity index (χ0) is 20.0. The topological polar surface area (TPSA) is 69.4 Å². The molecule has 3 heterocycles. The number of aromatic nitrogens is 1. The number of guanidine groups is 1. The van der Waals surface area contributed by atoms with Crippen LogP contribution >= 0.6 is 24.0 Å². The molecule has 2 aliphatic heterocycles. The maximum absolute atomic E-state index is 5.59. The molecule has 9 heteroatoms. The molecule has 0 bridgehead atoms. The number of piperazine rings is 1. The second-order valence-corrected chi connectivity index (χ2v) is 8.09. The van der Waals surface area contributed by atoms with Gasteiger partial charge in [-0.2, -0.15) is 0 Å². The smallest absolute Gasteiger partial charge is 0.194 e. The Kier molecular flexibility index (Phi) is 9.64. The highest BCUT2D eigenvalue weighted by atomic mass is 127. The van der Waals surface area contributed by atoms with Crippen LogP contribution in [0.2, 0.25) is 0 Å². The van der Waals surface area contributed by atoms with Gasteiger partial charge in [0.2, 0.25) is 0 Å². The van der Waals surface area contributed by atoms with Gasteiger partial charge in [0.25, 0.3) is 0 Å². The molecule has 29 heavy (non-hydrogen) atoms. The molecule has 1 aromatic heterocycles. The molecule has 2 aliphatic rings. The normalized spacial score (nSPS) is 20.6. The first-order valence-electron chi connectivity index (χ1n) is 10.5. The minimum absolute atomic E-state index is 0. The fraction of sp³-hybridized carbons (Fsp3) is 0.800. The van der Waals surface area contributed by atoms with Crippen molar-refractivity contribution in [3.05, 3.63) is 17.5 Å². The van der Waals surface area contributed by atoms with Crippen molar-refractivity contribution < 1.29 is 9.26 Å². The van der Waals surface area contributed by atoms with E-state index >= 15 is 0 Å². The molecular formula is C20H37IN6O2. The monoisotopic (exact) mass is 520 g/mol.